The molecule has 15 heavy (non-hydrogen) atoms. The van der Waals surface area contributed by atoms with E-state index >= 15 is 0 Å². The Morgan fingerprint density at radius 3 is 2.93 bits per heavy atom. The van der Waals surface area contributed by atoms with Gasteiger partial charge in [0, 0.05) is 19.3 Å². The van der Waals surface area contributed by atoms with Crippen LogP contribution in [-0.4, -0.2) is 24.4 Å². The highest BCUT2D eigenvalue weighted by molar-refractivity contribution is 5.78. The minimum Gasteiger partial charge on any atom is -0.399 e. The predicted octanol–water partition coefficient (Wildman–Crippen LogP) is 1.46. The van der Waals surface area contributed by atoms with Crippen LogP contribution in [0, 0.1) is 0 Å². The van der Waals surface area contributed by atoms with Crippen molar-refractivity contribution in [2.24, 2.45) is 0 Å². The Morgan fingerprint density at radius 2 is 2.33 bits per heavy atom. The summed E-state index contributed by atoms with van der Waals surface area (Å²) in [6.07, 6.45) is 2.09. The summed E-state index contributed by atoms with van der Waals surface area (Å²) in [7, 11) is 1.76. The maximum Gasteiger partial charge on any atom is 0.227 e. The van der Waals surface area contributed by atoms with Crippen molar-refractivity contribution in [2.75, 3.05) is 19.3 Å². The van der Waals surface area contributed by atoms with Crippen LogP contribution in [0.5, 0.6) is 0 Å². The molecule has 0 saturated carbocycles. The Hall–Kier alpha value is -1.77. The first-order chi connectivity index (χ1) is 7.13. The maximum absolute atomic E-state index is 11.7. The molecule has 0 atom stereocenters. The summed E-state index contributed by atoms with van der Waals surface area (Å²) in [5.74, 6) is 0.0699. The average Bonchev–Trinajstić information content (AvgIpc) is 2.18. The molecule has 0 unspecified atom stereocenters. The number of nitrogens with two attached hydrogens (primary N) is 1. The van der Waals surface area contributed by atoms with Gasteiger partial charge in [-0.05, 0) is 17.7 Å². The molecule has 80 valence electrons. The van der Waals surface area contributed by atoms with Gasteiger partial charge in [-0.2, -0.15) is 0 Å². The van der Waals surface area contributed by atoms with Crippen LogP contribution in [0.2, 0.25) is 0 Å². The SMILES string of the molecule is C=CCN(C)C(=O)Cc1cccc(N)c1. The third-order valence-corrected chi connectivity index (χ3v) is 2.14. The Kier molecular flexibility index (Phi) is 3.92. The summed E-state index contributed by atoms with van der Waals surface area (Å²) in [6, 6.07) is 7.38. The first kappa shape index (κ1) is 11.3. The fraction of sp³-hybridized carbons (Fsp3) is 0.250. The maximum atomic E-state index is 11.7. The zero-order valence-corrected chi connectivity index (χ0v) is 8.94. The Balaban J connectivity index is 2.62. The van der Waals surface area contributed by atoms with E-state index in [0.29, 0.717) is 18.7 Å². The van der Waals surface area contributed by atoms with Gasteiger partial charge >= 0.3 is 0 Å². The molecule has 0 heterocycles. The second-order valence-electron chi connectivity index (χ2n) is 3.48. The molecule has 0 saturated heterocycles. The van der Waals surface area contributed by atoms with E-state index in [1.807, 2.05) is 18.2 Å². The second-order valence-corrected chi connectivity index (χ2v) is 3.48. The molecule has 0 bridgehead atoms. The fourth-order valence-electron chi connectivity index (χ4n) is 1.31. The smallest absolute Gasteiger partial charge is 0.227 e. The van der Waals surface area contributed by atoms with Gasteiger partial charge in [0.1, 0.15) is 0 Å². The number of anilines is 1. The van der Waals surface area contributed by atoms with E-state index in [1.54, 1.807) is 24.1 Å². The molecule has 1 amide bonds. The number of nitrogen functional groups attached to an aromatic ring is 1. The minimum atomic E-state index is 0.0699. The quantitative estimate of drug-likeness (QED) is 0.596. The van der Waals surface area contributed by atoms with Crippen LogP contribution in [0.1, 0.15) is 5.56 Å². The molecular weight excluding hydrogens is 188 g/mol. The summed E-state index contributed by atoms with van der Waals surface area (Å²) in [6.45, 7) is 4.16. The number of carbonyl (C=O) groups excluding carboxylic acids is 1. The van der Waals surface area contributed by atoms with E-state index in [0.717, 1.165) is 5.56 Å². The topological polar surface area (TPSA) is 46.3 Å². The number of nitrogens with zero attached hydrogens (tertiary/aromatic N) is 1. The highest BCUT2D eigenvalue weighted by Gasteiger charge is 2.07. The highest BCUT2D eigenvalue weighted by atomic mass is 16.2. The lowest BCUT2D eigenvalue weighted by atomic mass is 10.1. The van der Waals surface area contributed by atoms with E-state index in [1.165, 1.54) is 0 Å². The number of carbonyl (C=O) groups is 1. The molecule has 1 aromatic rings. The van der Waals surface area contributed by atoms with Gasteiger partial charge < -0.3 is 10.6 Å². The molecule has 0 aliphatic rings. The first-order valence-corrected chi connectivity index (χ1v) is 4.82. The Labute approximate surface area is 90.2 Å². The van der Waals surface area contributed by atoms with Crippen LogP contribution in [0.3, 0.4) is 0 Å². The molecule has 0 radical (unpaired) electrons. The van der Waals surface area contributed by atoms with Crippen LogP contribution < -0.4 is 5.73 Å². The van der Waals surface area contributed by atoms with Gasteiger partial charge in [0.25, 0.3) is 0 Å². The molecular formula is C12H16N2O. The minimum absolute atomic E-state index is 0.0699. The van der Waals surface area contributed by atoms with E-state index in [9.17, 15) is 4.79 Å². The monoisotopic (exact) mass is 204 g/mol. The molecule has 0 aliphatic carbocycles. The molecule has 3 nitrogen and oxygen atoms in total. The fourth-order valence-corrected chi connectivity index (χ4v) is 1.31. The lowest BCUT2D eigenvalue weighted by Gasteiger charge is -2.14. The number of rotatable bonds is 4. The molecule has 0 aliphatic heterocycles. The van der Waals surface area contributed by atoms with Crippen LogP contribution >= 0.6 is 0 Å². The van der Waals surface area contributed by atoms with E-state index in [2.05, 4.69) is 6.58 Å². The Bertz CT molecular complexity index is 360. The van der Waals surface area contributed by atoms with Crippen molar-refractivity contribution in [3.05, 3.63) is 42.5 Å². The lowest BCUT2D eigenvalue weighted by Crippen LogP contribution is -2.28. The van der Waals surface area contributed by atoms with Crippen molar-refractivity contribution < 1.29 is 4.79 Å². The number of likely N-dealkylation sites (N-methyl/N-ethyl adjacent to an activating group) is 1. The van der Waals surface area contributed by atoms with Gasteiger partial charge in [0.2, 0.25) is 5.91 Å². The van der Waals surface area contributed by atoms with Crippen LogP contribution in [0.25, 0.3) is 0 Å². The Morgan fingerprint density at radius 1 is 1.60 bits per heavy atom. The van der Waals surface area contributed by atoms with Crippen molar-refractivity contribution in [2.45, 2.75) is 6.42 Å². The number of hydrogen-bond acceptors (Lipinski definition) is 2. The van der Waals surface area contributed by atoms with Crippen molar-refractivity contribution in [1.29, 1.82) is 0 Å². The van der Waals surface area contributed by atoms with Gasteiger partial charge in [-0.15, -0.1) is 6.58 Å². The summed E-state index contributed by atoms with van der Waals surface area (Å²) in [5.41, 5.74) is 7.26. The molecule has 0 fully saturated rings. The third-order valence-electron chi connectivity index (χ3n) is 2.14. The number of hydrogen-bond donors (Lipinski definition) is 1. The van der Waals surface area contributed by atoms with Gasteiger partial charge in [0.05, 0.1) is 6.42 Å². The van der Waals surface area contributed by atoms with Crippen molar-refractivity contribution in [1.82, 2.24) is 4.90 Å². The molecule has 0 spiro atoms. The van der Waals surface area contributed by atoms with Gasteiger partial charge in [0.15, 0.2) is 0 Å². The summed E-state index contributed by atoms with van der Waals surface area (Å²) >= 11 is 0. The van der Waals surface area contributed by atoms with Crippen molar-refractivity contribution >= 4 is 11.6 Å². The largest absolute Gasteiger partial charge is 0.399 e. The third kappa shape index (κ3) is 3.46. The van der Waals surface area contributed by atoms with Crippen LogP contribution in [-0.2, 0) is 11.2 Å². The molecule has 0 aromatic heterocycles. The van der Waals surface area contributed by atoms with Crippen molar-refractivity contribution in [3.63, 3.8) is 0 Å². The van der Waals surface area contributed by atoms with E-state index in [-0.39, 0.29) is 5.91 Å². The predicted molar refractivity (Wildman–Crippen MR) is 62.4 cm³/mol. The lowest BCUT2D eigenvalue weighted by molar-refractivity contribution is -0.128. The normalized spacial score (nSPS) is 9.67. The van der Waals surface area contributed by atoms with E-state index < -0.39 is 0 Å². The summed E-state index contributed by atoms with van der Waals surface area (Å²) in [4.78, 5) is 13.3. The molecule has 2 N–H and O–H groups in total. The standard InChI is InChI=1S/C12H16N2O/c1-3-7-14(2)12(15)9-10-5-4-6-11(13)8-10/h3-6,8H,1,7,9,13H2,2H3. The van der Waals surface area contributed by atoms with Gasteiger partial charge in [-0.3, -0.25) is 4.79 Å². The zero-order valence-electron chi connectivity index (χ0n) is 8.94. The van der Waals surface area contributed by atoms with Crippen LogP contribution in [0.4, 0.5) is 5.69 Å². The zero-order chi connectivity index (χ0) is 11.3. The average molecular weight is 204 g/mol. The highest BCUT2D eigenvalue weighted by Crippen LogP contribution is 2.08. The number of benzene rings is 1. The first-order valence-electron chi connectivity index (χ1n) is 4.82. The number of amides is 1. The second kappa shape index (κ2) is 5.20. The summed E-state index contributed by atoms with van der Waals surface area (Å²) in [5, 5.41) is 0. The molecule has 3 heteroatoms. The summed E-state index contributed by atoms with van der Waals surface area (Å²) < 4.78 is 0. The van der Waals surface area contributed by atoms with E-state index in [4.69, 9.17) is 5.73 Å². The van der Waals surface area contributed by atoms with Gasteiger partial charge in [-0.25, -0.2) is 0 Å². The molecule has 1 rings (SSSR count). The van der Waals surface area contributed by atoms with Crippen LogP contribution in [0.15, 0.2) is 36.9 Å². The van der Waals surface area contributed by atoms with Gasteiger partial charge in [-0.1, -0.05) is 18.2 Å². The van der Waals surface area contributed by atoms with Crippen molar-refractivity contribution in [3.8, 4) is 0 Å². The molecule has 1 aromatic carbocycles.